The topological polar surface area (TPSA) is 43.1 Å². The second-order valence-corrected chi connectivity index (χ2v) is 6.42. The van der Waals surface area contributed by atoms with Gasteiger partial charge in [0.25, 0.3) is 0 Å². The molecule has 0 unspecified atom stereocenters. The predicted molar refractivity (Wildman–Crippen MR) is 87.6 cm³/mol. The van der Waals surface area contributed by atoms with Gasteiger partial charge in [0.1, 0.15) is 17.4 Å². The fourth-order valence-corrected chi connectivity index (χ4v) is 3.85. The van der Waals surface area contributed by atoms with E-state index in [4.69, 9.17) is 4.99 Å². The molecule has 1 aliphatic heterocycles. The zero-order chi connectivity index (χ0) is 15.1. The maximum atomic E-state index is 4.80. The number of aliphatic imine (C=N–C) groups is 1. The summed E-state index contributed by atoms with van der Waals surface area (Å²) in [5, 5.41) is 9.65. The third-order valence-electron chi connectivity index (χ3n) is 3.82. The summed E-state index contributed by atoms with van der Waals surface area (Å²) in [7, 11) is 0. The first-order valence-electron chi connectivity index (χ1n) is 6.90. The Hall–Kier alpha value is -2.01. The number of aryl methyl sites for hydroxylation is 2. The molecule has 5 heteroatoms. The van der Waals surface area contributed by atoms with E-state index < -0.39 is 0 Å². The molecule has 4 nitrogen and oxygen atoms in total. The van der Waals surface area contributed by atoms with Crippen molar-refractivity contribution in [1.29, 1.82) is 0 Å². The highest BCUT2D eigenvalue weighted by molar-refractivity contribution is 7.15. The molecule has 0 spiro atoms. The van der Waals surface area contributed by atoms with E-state index >= 15 is 0 Å². The fraction of sp³-hybridized carbons (Fsp3) is 0.312. The Morgan fingerprint density at radius 3 is 2.76 bits per heavy atom. The average molecular weight is 298 g/mol. The second kappa shape index (κ2) is 5.07. The standard InChI is InChI=1S/C16H18N4S/c1-6-7-9(2)15-14-10(3)11(4)21-16(14)20-12(5)18-19-13(20)8-17-15/h6-7H,1,8H2,2-5H3/b9-7+. The quantitative estimate of drug-likeness (QED) is 0.794. The first-order chi connectivity index (χ1) is 10.0. The molecule has 0 amide bonds. The van der Waals surface area contributed by atoms with Crippen molar-refractivity contribution >= 4 is 17.0 Å². The van der Waals surface area contributed by atoms with E-state index in [0.717, 1.165) is 22.9 Å². The molecule has 0 radical (unpaired) electrons. The molecule has 3 heterocycles. The summed E-state index contributed by atoms with van der Waals surface area (Å²) in [4.78, 5) is 6.10. The van der Waals surface area contributed by atoms with Crippen LogP contribution in [0.2, 0.25) is 0 Å². The van der Waals surface area contributed by atoms with Crippen LogP contribution in [0, 0.1) is 20.8 Å². The van der Waals surface area contributed by atoms with Crippen LogP contribution in [0.5, 0.6) is 0 Å². The molecule has 0 fully saturated rings. The molecular weight excluding hydrogens is 280 g/mol. The normalized spacial score (nSPS) is 14.3. The first kappa shape index (κ1) is 13.9. The summed E-state index contributed by atoms with van der Waals surface area (Å²) in [6.07, 6.45) is 3.82. The van der Waals surface area contributed by atoms with Crippen molar-refractivity contribution in [2.45, 2.75) is 34.2 Å². The Bertz CT molecular complexity index is 790. The largest absolute Gasteiger partial charge is 0.276 e. The van der Waals surface area contributed by atoms with E-state index in [1.165, 1.54) is 21.0 Å². The van der Waals surface area contributed by atoms with E-state index in [1.807, 2.05) is 19.1 Å². The van der Waals surface area contributed by atoms with Gasteiger partial charge in [0.15, 0.2) is 5.82 Å². The molecule has 1 aliphatic rings. The van der Waals surface area contributed by atoms with E-state index in [0.29, 0.717) is 6.54 Å². The third kappa shape index (κ3) is 2.08. The summed E-state index contributed by atoms with van der Waals surface area (Å²) in [5.41, 5.74) is 4.65. The summed E-state index contributed by atoms with van der Waals surface area (Å²) in [6.45, 7) is 12.7. The molecule has 3 rings (SSSR count). The summed E-state index contributed by atoms with van der Waals surface area (Å²) < 4.78 is 2.14. The number of fused-ring (bicyclic) bond motifs is 3. The van der Waals surface area contributed by atoms with Crippen molar-refractivity contribution in [2.75, 3.05) is 0 Å². The van der Waals surface area contributed by atoms with Crippen LogP contribution in [0.25, 0.3) is 5.00 Å². The molecule has 0 aliphatic carbocycles. The molecule has 2 aromatic rings. The smallest absolute Gasteiger partial charge is 0.160 e. The van der Waals surface area contributed by atoms with Gasteiger partial charge in [0.05, 0.1) is 5.71 Å². The van der Waals surface area contributed by atoms with Crippen molar-refractivity contribution < 1.29 is 0 Å². The van der Waals surface area contributed by atoms with Crippen molar-refractivity contribution in [3.05, 3.63) is 52.0 Å². The zero-order valence-electron chi connectivity index (χ0n) is 12.8. The minimum atomic E-state index is 0.554. The van der Waals surface area contributed by atoms with E-state index in [9.17, 15) is 0 Å². The predicted octanol–water partition coefficient (Wildman–Crippen LogP) is 3.69. The lowest BCUT2D eigenvalue weighted by Gasteiger charge is -2.09. The molecule has 21 heavy (non-hydrogen) atoms. The van der Waals surface area contributed by atoms with Crippen molar-refractivity contribution in [3.63, 3.8) is 0 Å². The van der Waals surface area contributed by atoms with Gasteiger partial charge in [0.2, 0.25) is 0 Å². The maximum absolute atomic E-state index is 4.80. The molecule has 108 valence electrons. The van der Waals surface area contributed by atoms with Gasteiger partial charge < -0.3 is 0 Å². The average Bonchev–Trinajstić information content (AvgIpc) is 2.88. The minimum Gasteiger partial charge on any atom is -0.276 e. The van der Waals surface area contributed by atoms with Crippen molar-refractivity contribution in [2.24, 2.45) is 4.99 Å². The van der Waals surface area contributed by atoms with Crippen molar-refractivity contribution in [3.8, 4) is 5.00 Å². The summed E-state index contributed by atoms with van der Waals surface area (Å²) in [6, 6.07) is 0. The Labute approximate surface area is 128 Å². The van der Waals surface area contributed by atoms with E-state index in [-0.39, 0.29) is 0 Å². The van der Waals surface area contributed by atoms with Crippen LogP contribution in [0.1, 0.15) is 34.6 Å². The minimum absolute atomic E-state index is 0.554. The first-order valence-corrected chi connectivity index (χ1v) is 7.72. The van der Waals surface area contributed by atoms with Gasteiger partial charge in [-0.05, 0) is 38.8 Å². The zero-order valence-corrected chi connectivity index (χ0v) is 13.6. The van der Waals surface area contributed by atoms with Gasteiger partial charge in [-0.1, -0.05) is 18.7 Å². The second-order valence-electron chi connectivity index (χ2n) is 5.21. The lowest BCUT2D eigenvalue weighted by molar-refractivity contribution is 0.869. The summed E-state index contributed by atoms with van der Waals surface area (Å²) in [5.74, 6) is 1.81. The molecule has 0 N–H and O–H groups in total. The molecule has 0 atom stereocenters. The fourth-order valence-electron chi connectivity index (χ4n) is 2.62. The molecule has 0 saturated heterocycles. The molecule has 0 aromatic carbocycles. The molecule has 2 aromatic heterocycles. The van der Waals surface area contributed by atoms with Crippen LogP contribution in [-0.2, 0) is 6.54 Å². The van der Waals surface area contributed by atoms with Gasteiger partial charge >= 0.3 is 0 Å². The van der Waals surface area contributed by atoms with Crippen LogP contribution in [-0.4, -0.2) is 20.5 Å². The number of allylic oxidation sites excluding steroid dienone is 3. The van der Waals surface area contributed by atoms with Crippen LogP contribution in [0.3, 0.4) is 0 Å². The number of hydrogen-bond acceptors (Lipinski definition) is 4. The highest BCUT2D eigenvalue weighted by atomic mass is 32.1. The van der Waals surface area contributed by atoms with Gasteiger partial charge in [0, 0.05) is 10.4 Å². The molecule has 0 bridgehead atoms. The molecule has 0 saturated carbocycles. The number of rotatable bonds is 2. The van der Waals surface area contributed by atoms with Crippen LogP contribution < -0.4 is 0 Å². The Balaban J connectivity index is 2.33. The lowest BCUT2D eigenvalue weighted by atomic mass is 10.0. The lowest BCUT2D eigenvalue weighted by Crippen LogP contribution is -2.06. The van der Waals surface area contributed by atoms with Crippen LogP contribution >= 0.6 is 11.3 Å². The van der Waals surface area contributed by atoms with Crippen LogP contribution in [0.15, 0.2) is 29.3 Å². The Kier molecular flexibility index (Phi) is 3.37. The highest BCUT2D eigenvalue weighted by Gasteiger charge is 2.25. The van der Waals surface area contributed by atoms with Gasteiger partial charge in [-0.25, -0.2) is 0 Å². The Morgan fingerprint density at radius 2 is 2.05 bits per heavy atom. The third-order valence-corrected chi connectivity index (χ3v) is 5.01. The van der Waals surface area contributed by atoms with Gasteiger partial charge in [-0.2, -0.15) is 0 Å². The van der Waals surface area contributed by atoms with Gasteiger partial charge in [-0.15, -0.1) is 21.5 Å². The van der Waals surface area contributed by atoms with Gasteiger partial charge in [-0.3, -0.25) is 9.56 Å². The SMILES string of the molecule is C=C/C=C(\C)C1=NCc2nnc(C)n2-c2sc(C)c(C)c21. The number of hydrogen-bond donors (Lipinski definition) is 0. The van der Waals surface area contributed by atoms with E-state index in [2.05, 4.69) is 42.1 Å². The number of thiophene rings is 1. The van der Waals surface area contributed by atoms with Crippen molar-refractivity contribution in [1.82, 2.24) is 14.8 Å². The summed E-state index contributed by atoms with van der Waals surface area (Å²) >= 11 is 1.78. The molecular formula is C16H18N4S. The van der Waals surface area contributed by atoms with Crippen LogP contribution in [0.4, 0.5) is 0 Å². The monoisotopic (exact) mass is 298 g/mol. The van der Waals surface area contributed by atoms with E-state index in [1.54, 1.807) is 11.3 Å². The number of nitrogens with zero attached hydrogens (tertiary/aromatic N) is 4. The highest BCUT2D eigenvalue weighted by Crippen LogP contribution is 2.35. The Morgan fingerprint density at radius 1 is 1.29 bits per heavy atom. The maximum Gasteiger partial charge on any atom is 0.160 e. The number of aromatic nitrogens is 3.